The monoisotopic (exact) mass is 367 g/mol. The number of aryl methyl sites for hydroxylation is 1. The molecule has 0 aliphatic rings. The number of halogens is 2. The van der Waals surface area contributed by atoms with Gasteiger partial charge in [0.2, 0.25) is 0 Å². The van der Waals surface area contributed by atoms with E-state index in [-0.39, 0.29) is 45.0 Å². The van der Waals surface area contributed by atoms with Crippen LogP contribution in [0.1, 0.15) is 13.8 Å². The average molecular weight is 368 g/mol. The number of aromatic hydroxyl groups is 1. The number of fused-ring (bicyclic) bond motifs is 2. The first-order valence-electron chi connectivity index (χ1n) is 6.94. The molecule has 0 aliphatic carbocycles. The third kappa shape index (κ3) is 2.55. The van der Waals surface area contributed by atoms with Gasteiger partial charge in [0.05, 0.1) is 15.9 Å². The van der Waals surface area contributed by atoms with Gasteiger partial charge in [-0.25, -0.2) is 9.67 Å². The molecule has 0 aliphatic heterocycles. The second-order valence-corrected chi connectivity index (χ2v) is 5.83. The molecular formula is C15H11Cl2N3O4. The number of nitrogens with zero attached hydrogens (tertiary/aromatic N) is 3. The maximum Gasteiger partial charge on any atom is 0.309 e. The van der Waals surface area contributed by atoms with E-state index in [1.165, 1.54) is 19.1 Å². The zero-order valence-electron chi connectivity index (χ0n) is 12.6. The molecule has 2 aromatic heterocycles. The first-order chi connectivity index (χ1) is 11.3. The van der Waals surface area contributed by atoms with Crippen molar-refractivity contribution in [1.82, 2.24) is 14.8 Å². The number of esters is 1. The van der Waals surface area contributed by atoms with Crippen LogP contribution < -0.4 is 10.3 Å². The molecule has 3 rings (SSSR count). The van der Waals surface area contributed by atoms with Crippen LogP contribution >= 0.6 is 23.2 Å². The SMILES string of the molecule is CCn1nc(OC(C)=O)c2c(O)c3c(Cl)cc(Cl)cc3nc2c1=O. The molecule has 124 valence electrons. The van der Waals surface area contributed by atoms with E-state index >= 15 is 0 Å². The number of carbonyl (C=O) groups is 1. The Morgan fingerprint density at radius 2 is 2.04 bits per heavy atom. The van der Waals surface area contributed by atoms with E-state index in [0.29, 0.717) is 5.02 Å². The van der Waals surface area contributed by atoms with Crippen molar-refractivity contribution in [2.24, 2.45) is 0 Å². The molecule has 0 unspecified atom stereocenters. The van der Waals surface area contributed by atoms with Crippen molar-refractivity contribution in [3.63, 3.8) is 0 Å². The molecule has 0 atom stereocenters. The number of carbonyl (C=O) groups excluding carboxylic acids is 1. The van der Waals surface area contributed by atoms with Gasteiger partial charge in [-0.05, 0) is 19.1 Å². The van der Waals surface area contributed by atoms with Crippen LogP contribution in [0.5, 0.6) is 11.6 Å². The maximum atomic E-state index is 12.5. The fourth-order valence-electron chi connectivity index (χ4n) is 2.40. The van der Waals surface area contributed by atoms with Gasteiger partial charge in [-0.1, -0.05) is 23.2 Å². The van der Waals surface area contributed by atoms with Gasteiger partial charge in [-0.15, -0.1) is 5.10 Å². The van der Waals surface area contributed by atoms with E-state index in [4.69, 9.17) is 27.9 Å². The smallest absolute Gasteiger partial charge is 0.309 e. The van der Waals surface area contributed by atoms with Gasteiger partial charge in [0, 0.05) is 18.5 Å². The van der Waals surface area contributed by atoms with E-state index in [2.05, 4.69) is 10.1 Å². The summed E-state index contributed by atoms with van der Waals surface area (Å²) in [5.74, 6) is -1.20. The van der Waals surface area contributed by atoms with E-state index in [9.17, 15) is 14.7 Å². The van der Waals surface area contributed by atoms with Gasteiger partial charge >= 0.3 is 5.97 Å². The van der Waals surface area contributed by atoms with Crippen LogP contribution in [0.4, 0.5) is 0 Å². The lowest BCUT2D eigenvalue weighted by Gasteiger charge is -2.12. The minimum absolute atomic E-state index is 0.0726. The summed E-state index contributed by atoms with van der Waals surface area (Å²) in [6.45, 7) is 3.12. The summed E-state index contributed by atoms with van der Waals surface area (Å²) in [5, 5.41) is 15.2. The maximum absolute atomic E-state index is 12.5. The Hall–Kier alpha value is -2.38. The van der Waals surface area contributed by atoms with Crippen LogP contribution in [0.3, 0.4) is 0 Å². The summed E-state index contributed by atoms with van der Waals surface area (Å²) in [4.78, 5) is 28.1. The second kappa shape index (κ2) is 5.92. The van der Waals surface area contributed by atoms with Gasteiger partial charge in [0.1, 0.15) is 16.7 Å². The number of ether oxygens (including phenoxy) is 1. The van der Waals surface area contributed by atoms with Crippen molar-refractivity contribution in [2.45, 2.75) is 20.4 Å². The first kappa shape index (κ1) is 16.5. The fourth-order valence-corrected chi connectivity index (χ4v) is 2.97. The zero-order valence-corrected chi connectivity index (χ0v) is 14.1. The van der Waals surface area contributed by atoms with Gasteiger partial charge < -0.3 is 9.84 Å². The molecule has 24 heavy (non-hydrogen) atoms. The van der Waals surface area contributed by atoms with Gasteiger partial charge in [-0.3, -0.25) is 9.59 Å². The number of hydrogen-bond donors (Lipinski definition) is 1. The summed E-state index contributed by atoms with van der Waals surface area (Å²) < 4.78 is 6.13. The molecule has 3 aromatic rings. The number of benzene rings is 1. The molecule has 2 heterocycles. The number of aromatic nitrogens is 3. The van der Waals surface area contributed by atoms with Crippen molar-refractivity contribution < 1.29 is 14.6 Å². The van der Waals surface area contributed by atoms with Crippen LogP contribution in [-0.4, -0.2) is 25.8 Å². The van der Waals surface area contributed by atoms with Crippen molar-refractivity contribution >= 4 is 51.0 Å². The Kier molecular flexibility index (Phi) is 4.06. The van der Waals surface area contributed by atoms with Crippen LogP contribution in [0, 0.1) is 0 Å². The Morgan fingerprint density at radius 3 is 2.67 bits per heavy atom. The first-order valence-corrected chi connectivity index (χ1v) is 7.70. The number of rotatable bonds is 2. The summed E-state index contributed by atoms with van der Waals surface area (Å²) >= 11 is 12.1. The van der Waals surface area contributed by atoms with E-state index in [1.54, 1.807) is 6.92 Å². The van der Waals surface area contributed by atoms with Crippen LogP contribution in [0.25, 0.3) is 21.8 Å². The summed E-state index contributed by atoms with van der Waals surface area (Å²) in [6.07, 6.45) is 0. The molecule has 0 spiro atoms. The lowest BCUT2D eigenvalue weighted by atomic mass is 10.1. The molecule has 7 nitrogen and oxygen atoms in total. The van der Waals surface area contributed by atoms with Crippen LogP contribution in [0.15, 0.2) is 16.9 Å². The largest absolute Gasteiger partial charge is 0.506 e. The molecule has 0 amide bonds. The number of hydrogen-bond acceptors (Lipinski definition) is 6. The third-order valence-corrected chi connectivity index (χ3v) is 3.90. The summed E-state index contributed by atoms with van der Waals surface area (Å²) in [7, 11) is 0. The van der Waals surface area contributed by atoms with Gasteiger partial charge in [0.15, 0.2) is 0 Å². The molecule has 0 bridgehead atoms. The molecule has 1 aromatic carbocycles. The third-order valence-electron chi connectivity index (χ3n) is 3.38. The predicted octanol–water partition coefficient (Wildman–Crippen LogP) is 2.90. The van der Waals surface area contributed by atoms with E-state index < -0.39 is 11.5 Å². The highest BCUT2D eigenvalue weighted by atomic mass is 35.5. The Morgan fingerprint density at radius 1 is 1.33 bits per heavy atom. The minimum atomic E-state index is -0.646. The van der Waals surface area contributed by atoms with Crippen molar-refractivity contribution in [2.75, 3.05) is 0 Å². The van der Waals surface area contributed by atoms with Crippen LogP contribution in [-0.2, 0) is 11.3 Å². The average Bonchev–Trinajstić information content (AvgIpc) is 2.48. The normalized spacial score (nSPS) is 11.2. The van der Waals surface area contributed by atoms with Crippen molar-refractivity contribution in [3.05, 3.63) is 32.5 Å². The van der Waals surface area contributed by atoms with E-state index in [1.807, 2.05) is 0 Å². The molecule has 9 heteroatoms. The fraction of sp³-hybridized carbons (Fsp3) is 0.200. The van der Waals surface area contributed by atoms with Gasteiger partial charge in [0.25, 0.3) is 11.4 Å². The van der Waals surface area contributed by atoms with E-state index in [0.717, 1.165) is 4.68 Å². The summed E-state index contributed by atoms with van der Waals surface area (Å²) in [5.41, 5.74) is -0.375. The Labute approximate surface area is 145 Å². The van der Waals surface area contributed by atoms with Crippen molar-refractivity contribution in [3.8, 4) is 11.6 Å². The molecule has 0 radical (unpaired) electrons. The molecule has 0 saturated heterocycles. The highest BCUT2D eigenvalue weighted by molar-refractivity contribution is 6.39. The highest BCUT2D eigenvalue weighted by Crippen LogP contribution is 2.40. The topological polar surface area (TPSA) is 94.3 Å². The molecule has 0 fully saturated rings. The van der Waals surface area contributed by atoms with Crippen LogP contribution in [0.2, 0.25) is 10.0 Å². The molecule has 1 N–H and O–H groups in total. The van der Waals surface area contributed by atoms with Gasteiger partial charge in [-0.2, -0.15) is 0 Å². The van der Waals surface area contributed by atoms with Crippen molar-refractivity contribution in [1.29, 1.82) is 0 Å². The highest BCUT2D eigenvalue weighted by Gasteiger charge is 2.21. The quantitative estimate of drug-likeness (QED) is 0.552. The lowest BCUT2D eigenvalue weighted by Crippen LogP contribution is -2.24. The standard InChI is InChI=1S/C15H11Cl2N3O4/c1-3-20-15(23)12-11(14(19-20)24-6(2)21)13(22)10-8(17)4-7(16)5-9(10)18-12/h4-5H,3H2,1-2H3,(H,18,22). The Bertz CT molecular complexity index is 1060. The zero-order chi connectivity index (χ0) is 17.6. The minimum Gasteiger partial charge on any atom is -0.506 e. The number of pyridine rings is 1. The second-order valence-electron chi connectivity index (χ2n) is 4.99. The Balaban J connectivity index is 2.57. The molecular weight excluding hydrogens is 357 g/mol. The predicted molar refractivity (Wildman–Crippen MR) is 90.0 cm³/mol. The lowest BCUT2D eigenvalue weighted by molar-refractivity contribution is -0.132. The summed E-state index contributed by atoms with van der Waals surface area (Å²) in [6, 6.07) is 2.91. The molecule has 0 saturated carbocycles.